The first-order valence-electron chi connectivity index (χ1n) is 14.8. The molecule has 0 radical (unpaired) electrons. The van der Waals surface area contributed by atoms with Gasteiger partial charge in [0.1, 0.15) is 28.5 Å². The van der Waals surface area contributed by atoms with Crippen molar-refractivity contribution in [3.8, 4) is 17.0 Å². The Hall–Kier alpha value is -4.08. The predicted molar refractivity (Wildman–Crippen MR) is 154 cm³/mol. The summed E-state index contributed by atoms with van der Waals surface area (Å²) in [7, 11) is 1.55. The van der Waals surface area contributed by atoms with Crippen molar-refractivity contribution in [2.24, 2.45) is 11.3 Å². The molecule has 7 nitrogen and oxygen atoms in total. The Morgan fingerprint density at radius 3 is 2.51 bits per heavy atom. The number of fused-ring (bicyclic) bond motifs is 1. The molecule has 2 aromatic carbocycles. The van der Waals surface area contributed by atoms with Gasteiger partial charge in [-0.15, -0.1) is 0 Å². The highest BCUT2D eigenvalue weighted by Gasteiger charge is 2.47. The average molecular weight is 592 g/mol. The zero-order valence-electron chi connectivity index (χ0n) is 23.8. The normalized spacial score (nSPS) is 18.7. The largest absolute Gasteiger partial charge is 0.494 e. The van der Waals surface area contributed by atoms with Crippen LogP contribution in [0.2, 0.25) is 0 Å². The van der Waals surface area contributed by atoms with Crippen molar-refractivity contribution < 1.29 is 32.3 Å². The number of carboxylic acid groups (broad SMARTS) is 1. The number of methoxy groups -OCH3 is 1. The van der Waals surface area contributed by atoms with Gasteiger partial charge in [-0.05, 0) is 86.6 Å². The molecule has 2 saturated carbocycles. The molecule has 43 heavy (non-hydrogen) atoms. The smallest absolute Gasteiger partial charge is 0.417 e. The van der Waals surface area contributed by atoms with Crippen LogP contribution in [-0.2, 0) is 12.6 Å². The van der Waals surface area contributed by atoms with Gasteiger partial charge in [-0.1, -0.05) is 23.4 Å². The van der Waals surface area contributed by atoms with Crippen molar-refractivity contribution in [2.45, 2.75) is 57.0 Å². The summed E-state index contributed by atoms with van der Waals surface area (Å²) in [5.41, 5.74) is 1.55. The number of anilines is 1. The molecule has 10 heteroatoms. The standard InChI is InChI=1S/C33H32F3N3O4/c1-42-26-10-8-22(31(40)41)21-9-11-27(37-29(21)26)39-14-12-32(13-15-39)17-19(18-32)16-24-28(38-43-30(24)20-6-7-20)23-4-2-3-5-25(23)33(34,35)36/h2-5,8-11,19-20H,6-7,12-18H2,1H3,(H,40,41). The lowest BCUT2D eigenvalue weighted by atomic mass is 9.56. The van der Waals surface area contributed by atoms with E-state index in [1.54, 1.807) is 25.3 Å². The molecule has 1 saturated heterocycles. The van der Waals surface area contributed by atoms with E-state index in [4.69, 9.17) is 14.2 Å². The van der Waals surface area contributed by atoms with Gasteiger partial charge in [0.25, 0.3) is 0 Å². The molecule has 0 unspecified atom stereocenters. The van der Waals surface area contributed by atoms with E-state index in [9.17, 15) is 23.1 Å². The van der Waals surface area contributed by atoms with E-state index in [1.165, 1.54) is 18.2 Å². The topological polar surface area (TPSA) is 88.7 Å². The molecule has 0 bridgehead atoms. The molecule has 3 fully saturated rings. The number of piperidine rings is 1. The van der Waals surface area contributed by atoms with Crippen LogP contribution in [0.3, 0.4) is 0 Å². The number of aromatic carboxylic acids is 1. The Morgan fingerprint density at radius 2 is 1.84 bits per heavy atom. The van der Waals surface area contributed by atoms with Crippen LogP contribution in [-0.4, -0.2) is 41.4 Å². The van der Waals surface area contributed by atoms with E-state index in [0.29, 0.717) is 34.7 Å². The number of aromatic nitrogens is 2. The van der Waals surface area contributed by atoms with Gasteiger partial charge in [-0.2, -0.15) is 13.2 Å². The zero-order valence-corrected chi connectivity index (χ0v) is 23.8. The van der Waals surface area contributed by atoms with Gasteiger partial charge in [-0.3, -0.25) is 0 Å². The molecule has 4 aromatic rings. The van der Waals surface area contributed by atoms with Gasteiger partial charge < -0.3 is 19.3 Å². The minimum Gasteiger partial charge on any atom is -0.494 e. The number of benzene rings is 2. The van der Waals surface area contributed by atoms with Crippen molar-refractivity contribution in [3.05, 3.63) is 71.0 Å². The number of nitrogens with zero attached hydrogens (tertiary/aromatic N) is 3. The number of ether oxygens (including phenoxy) is 1. The summed E-state index contributed by atoms with van der Waals surface area (Å²) in [6, 6.07) is 12.5. The lowest BCUT2D eigenvalue weighted by Gasteiger charge is -2.52. The van der Waals surface area contributed by atoms with Crippen LogP contribution in [0.4, 0.5) is 19.0 Å². The molecule has 2 aromatic heterocycles. The van der Waals surface area contributed by atoms with Crippen molar-refractivity contribution in [3.63, 3.8) is 0 Å². The summed E-state index contributed by atoms with van der Waals surface area (Å²) in [6.07, 6.45) is 2.23. The highest BCUT2D eigenvalue weighted by molar-refractivity contribution is 6.04. The molecule has 2 aliphatic carbocycles. The summed E-state index contributed by atoms with van der Waals surface area (Å²) < 4.78 is 52.7. The lowest BCUT2D eigenvalue weighted by molar-refractivity contribution is -0.137. The van der Waals surface area contributed by atoms with Crippen LogP contribution in [0.1, 0.15) is 71.7 Å². The van der Waals surface area contributed by atoms with Gasteiger partial charge in [0, 0.05) is 35.5 Å². The summed E-state index contributed by atoms with van der Waals surface area (Å²) in [6.45, 7) is 1.66. The van der Waals surface area contributed by atoms with Gasteiger partial charge in [0.2, 0.25) is 0 Å². The maximum atomic E-state index is 13.8. The maximum absolute atomic E-state index is 13.8. The molecule has 0 amide bonds. The first kappa shape index (κ1) is 27.7. The Labute approximate surface area is 246 Å². The van der Waals surface area contributed by atoms with E-state index in [2.05, 4.69) is 10.1 Å². The fourth-order valence-electron chi connectivity index (χ4n) is 7.26. The molecule has 3 heterocycles. The Balaban J connectivity index is 1.06. The number of hydrogen-bond acceptors (Lipinski definition) is 6. The molecule has 224 valence electrons. The Bertz CT molecular complexity index is 1700. The molecular weight excluding hydrogens is 559 g/mol. The van der Waals surface area contributed by atoms with Crippen LogP contribution in [0, 0.1) is 11.3 Å². The fraction of sp³-hybridized carbons (Fsp3) is 0.424. The SMILES string of the molecule is COc1ccc(C(=O)O)c2ccc(N3CCC4(CC3)CC(Cc3c(-c5ccccc5C(F)(F)F)noc3C3CC3)C4)nc12. The van der Waals surface area contributed by atoms with Crippen molar-refractivity contribution in [2.75, 3.05) is 25.1 Å². The summed E-state index contributed by atoms with van der Waals surface area (Å²) in [5.74, 6) is 1.73. The van der Waals surface area contributed by atoms with Crippen LogP contribution in [0.15, 0.2) is 53.1 Å². The van der Waals surface area contributed by atoms with E-state index >= 15 is 0 Å². The second-order valence-corrected chi connectivity index (χ2v) is 12.3. The van der Waals surface area contributed by atoms with Gasteiger partial charge in [0.05, 0.1) is 18.2 Å². The average Bonchev–Trinajstić information content (AvgIpc) is 3.74. The first-order valence-corrected chi connectivity index (χ1v) is 14.8. The predicted octanol–water partition coefficient (Wildman–Crippen LogP) is 7.73. The van der Waals surface area contributed by atoms with E-state index in [-0.39, 0.29) is 22.5 Å². The molecule has 0 atom stereocenters. The number of alkyl halides is 3. The van der Waals surface area contributed by atoms with Gasteiger partial charge in [0.15, 0.2) is 0 Å². The molecule has 1 aliphatic heterocycles. The molecule has 1 N–H and O–H groups in total. The van der Waals surface area contributed by atoms with Gasteiger partial charge >= 0.3 is 12.1 Å². The third kappa shape index (κ3) is 5.00. The van der Waals surface area contributed by atoms with Crippen molar-refractivity contribution in [1.29, 1.82) is 0 Å². The number of carbonyl (C=O) groups is 1. The van der Waals surface area contributed by atoms with Crippen LogP contribution >= 0.6 is 0 Å². The number of pyridine rings is 1. The summed E-state index contributed by atoms with van der Waals surface area (Å²) in [5, 5.41) is 14.3. The molecule has 1 spiro atoms. The fourth-order valence-corrected chi connectivity index (χ4v) is 7.26. The summed E-state index contributed by atoms with van der Waals surface area (Å²) in [4.78, 5) is 18.7. The number of carboxylic acids is 1. The number of rotatable bonds is 7. The lowest BCUT2D eigenvalue weighted by Crippen LogP contribution is -2.47. The third-order valence-corrected chi connectivity index (χ3v) is 9.59. The maximum Gasteiger partial charge on any atom is 0.417 e. The minimum atomic E-state index is -4.47. The Morgan fingerprint density at radius 1 is 1.09 bits per heavy atom. The monoisotopic (exact) mass is 591 g/mol. The van der Waals surface area contributed by atoms with E-state index in [0.717, 1.165) is 74.8 Å². The van der Waals surface area contributed by atoms with E-state index < -0.39 is 17.7 Å². The molecule has 7 rings (SSSR count). The molecule has 3 aliphatic rings. The van der Waals surface area contributed by atoms with Crippen LogP contribution in [0.25, 0.3) is 22.2 Å². The van der Waals surface area contributed by atoms with Crippen LogP contribution < -0.4 is 9.64 Å². The van der Waals surface area contributed by atoms with Crippen molar-refractivity contribution in [1.82, 2.24) is 10.1 Å². The zero-order chi connectivity index (χ0) is 29.9. The third-order valence-electron chi connectivity index (χ3n) is 9.59. The highest BCUT2D eigenvalue weighted by Crippen LogP contribution is 2.55. The Kier molecular flexibility index (Phi) is 6.63. The van der Waals surface area contributed by atoms with Gasteiger partial charge in [-0.25, -0.2) is 9.78 Å². The highest BCUT2D eigenvalue weighted by atomic mass is 19.4. The quantitative estimate of drug-likeness (QED) is 0.235. The summed E-state index contributed by atoms with van der Waals surface area (Å²) >= 11 is 0. The second-order valence-electron chi connectivity index (χ2n) is 12.3. The number of halogens is 3. The molecular formula is C33H32F3N3O4. The van der Waals surface area contributed by atoms with Crippen LogP contribution in [0.5, 0.6) is 5.75 Å². The minimum absolute atomic E-state index is 0.0954. The number of hydrogen-bond donors (Lipinski definition) is 1. The van der Waals surface area contributed by atoms with Crippen molar-refractivity contribution >= 4 is 22.7 Å². The second kappa shape index (κ2) is 10.3. The van der Waals surface area contributed by atoms with E-state index in [1.807, 2.05) is 6.07 Å². The first-order chi connectivity index (χ1) is 20.7.